The minimum Gasteiger partial charge on any atom is -0.466 e. The van der Waals surface area contributed by atoms with Gasteiger partial charge in [-0.15, -0.1) is 0 Å². The molecule has 0 radical (unpaired) electrons. The van der Waals surface area contributed by atoms with Crippen LogP contribution in [0.2, 0.25) is 0 Å². The summed E-state index contributed by atoms with van der Waals surface area (Å²) in [6.07, 6.45) is 4.39. The summed E-state index contributed by atoms with van der Waals surface area (Å²) < 4.78 is 9.78. The average molecular weight is 298 g/mol. The number of hydrogen-bond donors (Lipinski definition) is 0. The summed E-state index contributed by atoms with van der Waals surface area (Å²) in [7, 11) is 0. The fourth-order valence-corrected chi connectivity index (χ4v) is 2.85. The molecule has 0 saturated heterocycles. The van der Waals surface area contributed by atoms with Crippen molar-refractivity contribution in [2.24, 2.45) is 11.8 Å². The number of ether oxygens (including phenoxy) is 2. The molecule has 1 saturated carbocycles. The quantitative estimate of drug-likeness (QED) is 0.644. The first kappa shape index (κ1) is 17.7. The molecule has 2 atom stereocenters. The Balaban J connectivity index is 2.37. The molecule has 5 heteroatoms. The summed E-state index contributed by atoms with van der Waals surface area (Å²) in [5.41, 5.74) is 0. The van der Waals surface area contributed by atoms with E-state index in [2.05, 4.69) is 0 Å². The molecule has 0 aromatic carbocycles. The van der Waals surface area contributed by atoms with Gasteiger partial charge in [0.2, 0.25) is 0 Å². The second-order valence-corrected chi connectivity index (χ2v) is 5.41. The molecule has 0 heterocycles. The van der Waals surface area contributed by atoms with Crippen molar-refractivity contribution < 1.29 is 23.9 Å². The fourth-order valence-electron chi connectivity index (χ4n) is 2.85. The van der Waals surface area contributed by atoms with Gasteiger partial charge in [0.15, 0.2) is 0 Å². The Kier molecular flexibility index (Phi) is 8.01. The maximum absolute atomic E-state index is 12.4. The van der Waals surface area contributed by atoms with Crippen LogP contribution in [0.5, 0.6) is 0 Å². The van der Waals surface area contributed by atoms with Crippen LogP contribution in [-0.4, -0.2) is 30.9 Å². The predicted octanol–water partition coefficient (Wildman–Crippen LogP) is 2.66. The van der Waals surface area contributed by atoms with Crippen LogP contribution in [0.1, 0.15) is 58.8 Å². The molecule has 1 aliphatic rings. The van der Waals surface area contributed by atoms with Crippen molar-refractivity contribution in [3.63, 3.8) is 0 Å². The van der Waals surface area contributed by atoms with Crippen LogP contribution in [0, 0.1) is 11.8 Å². The highest BCUT2D eigenvalue weighted by Crippen LogP contribution is 2.31. The number of esters is 2. The van der Waals surface area contributed by atoms with E-state index in [-0.39, 0.29) is 29.6 Å². The lowest BCUT2D eigenvalue weighted by molar-refractivity contribution is -0.144. The number of Topliss-reactive ketones (excluding diaryl/α,β-unsaturated/α-hetero) is 1. The highest BCUT2D eigenvalue weighted by atomic mass is 16.5. The molecule has 0 aliphatic heterocycles. The monoisotopic (exact) mass is 298 g/mol. The zero-order chi connectivity index (χ0) is 15.7. The molecule has 5 nitrogen and oxygen atoms in total. The Hall–Kier alpha value is -1.39. The SMILES string of the molecule is CCOC(=O)CC[C@@H]1CCC[C@@H](CCC(=O)OCC)C1=O. The number of ketones is 1. The molecule has 0 spiro atoms. The Morgan fingerprint density at radius 1 is 0.952 bits per heavy atom. The maximum atomic E-state index is 12.4. The second-order valence-electron chi connectivity index (χ2n) is 5.41. The second kappa shape index (κ2) is 9.53. The lowest BCUT2D eigenvalue weighted by Gasteiger charge is -2.27. The minimum absolute atomic E-state index is 0.0599. The number of hydrogen-bond acceptors (Lipinski definition) is 5. The zero-order valence-corrected chi connectivity index (χ0v) is 13.1. The van der Waals surface area contributed by atoms with Crippen LogP contribution < -0.4 is 0 Å². The van der Waals surface area contributed by atoms with Gasteiger partial charge in [0.05, 0.1) is 13.2 Å². The fraction of sp³-hybridized carbons (Fsp3) is 0.812. The van der Waals surface area contributed by atoms with Crippen molar-refractivity contribution in [3.8, 4) is 0 Å². The normalized spacial score (nSPS) is 21.9. The molecule has 0 unspecified atom stereocenters. The standard InChI is InChI=1S/C16H26O5/c1-3-20-14(17)10-8-12-6-5-7-13(16(12)19)9-11-15(18)21-4-2/h12-13H,3-11H2,1-2H3/t12-,13-/m0/s1. The van der Waals surface area contributed by atoms with Gasteiger partial charge in [0.1, 0.15) is 5.78 Å². The van der Waals surface area contributed by atoms with Crippen molar-refractivity contribution >= 4 is 17.7 Å². The van der Waals surface area contributed by atoms with E-state index in [0.29, 0.717) is 38.9 Å². The lowest BCUT2D eigenvalue weighted by Crippen LogP contribution is -2.29. The van der Waals surface area contributed by atoms with E-state index in [9.17, 15) is 14.4 Å². The summed E-state index contributed by atoms with van der Waals surface area (Å²) in [5.74, 6) is -0.390. The molecule has 1 fully saturated rings. The molecule has 120 valence electrons. The summed E-state index contributed by atoms with van der Waals surface area (Å²) >= 11 is 0. The Labute approximate surface area is 126 Å². The van der Waals surface area contributed by atoms with Gasteiger partial charge in [-0.2, -0.15) is 0 Å². The topological polar surface area (TPSA) is 69.7 Å². The lowest BCUT2D eigenvalue weighted by atomic mass is 9.76. The predicted molar refractivity (Wildman–Crippen MR) is 77.6 cm³/mol. The smallest absolute Gasteiger partial charge is 0.305 e. The highest BCUT2D eigenvalue weighted by molar-refractivity contribution is 5.85. The van der Waals surface area contributed by atoms with Crippen LogP contribution in [0.25, 0.3) is 0 Å². The third-order valence-corrected chi connectivity index (χ3v) is 3.91. The summed E-state index contributed by atoms with van der Waals surface area (Å²) in [6.45, 7) is 4.30. The first-order valence-electron chi connectivity index (χ1n) is 7.93. The molecular weight excluding hydrogens is 272 g/mol. The maximum Gasteiger partial charge on any atom is 0.305 e. The molecule has 1 aliphatic carbocycles. The van der Waals surface area contributed by atoms with E-state index in [1.165, 1.54) is 0 Å². The largest absolute Gasteiger partial charge is 0.466 e. The Morgan fingerprint density at radius 2 is 1.38 bits per heavy atom. The molecule has 21 heavy (non-hydrogen) atoms. The van der Waals surface area contributed by atoms with E-state index in [1.54, 1.807) is 13.8 Å². The number of carbonyl (C=O) groups excluding carboxylic acids is 3. The molecule has 1 rings (SSSR count). The van der Waals surface area contributed by atoms with Crippen molar-refractivity contribution in [1.82, 2.24) is 0 Å². The highest BCUT2D eigenvalue weighted by Gasteiger charge is 2.31. The van der Waals surface area contributed by atoms with E-state index >= 15 is 0 Å². The number of rotatable bonds is 8. The van der Waals surface area contributed by atoms with Gasteiger partial charge >= 0.3 is 11.9 Å². The van der Waals surface area contributed by atoms with Gasteiger partial charge in [-0.25, -0.2) is 0 Å². The molecule has 0 amide bonds. The molecular formula is C16H26O5. The van der Waals surface area contributed by atoms with E-state index < -0.39 is 0 Å². The van der Waals surface area contributed by atoms with E-state index in [4.69, 9.17) is 9.47 Å². The average Bonchev–Trinajstić information content (AvgIpc) is 2.45. The van der Waals surface area contributed by atoms with Gasteiger partial charge in [0.25, 0.3) is 0 Å². The van der Waals surface area contributed by atoms with Gasteiger partial charge in [-0.3, -0.25) is 14.4 Å². The van der Waals surface area contributed by atoms with Gasteiger partial charge in [-0.1, -0.05) is 6.42 Å². The Bertz CT molecular complexity index is 332. The third kappa shape index (κ3) is 6.27. The molecule has 0 N–H and O–H groups in total. The van der Waals surface area contributed by atoms with Gasteiger partial charge in [-0.05, 0) is 39.5 Å². The minimum atomic E-state index is -0.237. The Morgan fingerprint density at radius 3 is 1.76 bits per heavy atom. The first-order valence-corrected chi connectivity index (χ1v) is 7.93. The summed E-state index contributed by atoms with van der Waals surface area (Å²) in [4.78, 5) is 35.1. The van der Waals surface area contributed by atoms with Crippen LogP contribution in [0.3, 0.4) is 0 Å². The van der Waals surface area contributed by atoms with Crippen LogP contribution >= 0.6 is 0 Å². The zero-order valence-electron chi connectivity index (χ0n) is 13.1. The van der Waals surface area contributed by atoms with Crippen molar-refractivity contribution in [2.75, 3.05) is 13.2 Å². The van der Waals surface area contributed by atoms with Crippen molar-refractivity contribution in [3.05, 3.63) is 0 Å². The first-order chi connectivity index (χ1) is 10.1. The molecule has 0 bridgehead atoms. The molecule has 0 aromatic heterocycles. The van der Waals surface area contributed by atoms with Gasteiger partial charge < -0.3 is 9.47 Å². The third-order valence-electron chi connectivity index (χ3n) is 3.91. The summed E-state index contributed by atoms with van der Waals surface area (Å²) in [6, 6.07) is 0. The van der Waals surface area contributed by atoms with Gasteiger partial charge in [0, 0.05) is 24.7 Å². The van der Waals surface area contributed by atoms with Crippen LogP contribution in [-0.2, 0) is 23.9 Å². The number of carbonyl (C=O) groups is 3. The van der Waals surface area contributed by atoms with Crippen molar-refractivity contribution in [2.45, 2.75) is 58.8 Å². The molecule has 0 aromatic rings. The van der Waals surface area contributed by atoms with Crippen molar-refractivity contribution in [1.29, 1.82) is 0 Å². The van der Waals surface area contributed by atoms with Crippen LogP contribution in [0.15, 0.2) is 0 Å². The van der Waals surface area contributed by atoms with E-state index in [0.717, 1.165) is 19.3 Å². The van der Waals surface area contributed by atoms with E-state index in [1.807, 2.05) is 0 Å². The van der Waals surface area contributed by atoms with Crippen LogP contribution in [0.4, 0.5) is 0 Å². The summed E-state index contributed by atoms with van der Waals surface area (Å²) in [5, 5.41) is 0.